The number of halogens is 4. The van der Waals surface area contributed by atoms with Crippen molar-refractivity contribution in [1.29, 1.82) is 0 Å². The van der Waals surface area contributed by atoms with Crippen LogP contribution in [0.1, 0.15) is 20.8 Å². The first kappa shape index (κ1) is 16.1. The van der Waals surface area contributed by atoms with Gasteiger partial charge in [0.1, 0.15) is 0 Å². The third kappa shape index (κ3) is 14.2. The van der Waals surface area contributed by atoms with Crippen molar-refractivity contribution in [1.82, 2.24) is 0 Å². The second kappa shape index (κ2) is 8.05. The second-order valence-electron chi connectivity index (χ2n) is 2.74. The van der Waals surface area contributed by atoms with E-state index in [1.165, 1.54) is 4.90 Å². The van der Waals surface area contributed by atoms with E-state index in [1.807, 2.05) is 0 Å². The molecule has 0 amide bonds. The summed E-state index contributed by atoms with van der Waals surface area (Å²) in [7, 11) is -4.24. The molecule has 0 bridgehead atoms. The molecule has 0 spiro atoms. The Kier molecular flexibility index (Phi) is 9.28. The van der Waals surface area contributed by atoms with Gasteiger partial charge in [-0.3, -0.25) is 0 Å². The largest absolute Gasteiger partial charge is 0.673 e. The van der Waals surface area contributed by atoms with Gasteiger partial charge in [-0.15, -0.1) is 0 Å². The van der Waals surface area contributed by atoms with Gasteiger partial charge in [0, 0.05) is 14.0 Å². The molecule has 0 saturated carbocycles. The van der Waals surface area contributed by atoms with Crippen LogP contribution >= 0.6 is 0 Å². The van der Waals surface area contributed by atoms with Gasteiger partial charge in [0.15, 0.2) is 6.23 Å². The van der Waals surface area contributed by atoms with E-state index in [0.717, 1.165) is 13.1 Å². The summed E-state index contributed by atoms with van der Waals surface area (Å²) >= 11 is 0. The van der Waals surface area contributed by atoms with Gasteiger partial charge in [-0.2, -0.15) is 0 Å². The van der Waals surface area contributed by atoms with Gasteiger partial charge >= 0.3 is 7.25 Å². The molecule has 0 aromatic carbocycles. The summed E-state index contributed by atoms with van der Waals surface area (Å²) in [4.78, 5) is 1.50. The second-order valence-corrected chi connectivity index (χ2v) is 2.74. The summed E-state index contributed by atoms with van der Waals surface area (Å²) in [5.41, 5.74) is 0. The van der Waals surface area contributed by atoms with Crippen molar-refractivity contribution in [2.45, 2.75) is 27.0 Å². The highest BCUT2D eigenvalue weighted by molar-refractivity contribution is 6.50. The maximum Gasteiger partial charge on any atom is 0.673 e. The van der Waals surface area contributed by atoms with Gasteiger partial charge < -0.3 is 26.9 Å². The molecule has 0 heterocycles. The maximum atomic E-state index is 9.75. The number of rotatable bonds is 4. The summed E-state index contributed by atoms with van der Waals surface area (Å²) in [6, 6.07) is 0. The molecule has 0 aliphatic rings. The summed E-state index contributed by atoms with van der Waals surface area (Å²) in [6.07, 6.45) is 0.347. The molecule has 0 radical (unpaired) electrons. The third-order valence-corrected chi connectivity index (χ3v) is 1.84. The van der Waals surface area contributed by atoms with Gasteiger partial charge in [0.25, 0.3) is 0 Å². The molecule has 0 rings (SSSR count). The van der Waals surface area contributed by atoms with Gasteiger partial charge in [0.05, 0.1) is 13.1 Å². The Bertz CT molecular complexity index is 123. The van der Waals surface area contributed by atoms with E-state index in [2.05, 4.69) is 20.8 Å². The highest BCUT2D eigenvalue weighted by Gasteiger charge is 2.20. The Hall–Kier alpha value is -0.295. The Morgan fingerprint density at radius 2 is 1.43 bits per heavy atom. The molecule has 0 aliphatic carbocycles. The normalized spacial score (nSPS) is 13.5. The Morgan fingerprint density at radius 1 is 1.14 bits per heavy atom. The Balaban J connectivity index is 0. The number of nitrogens with one attached hydrogen (secondary N) is 1. The lowest BCUT2D eigenvalue weighted by molar-refractivity contribution is -0.942. The number of hydrogen-bond donors (Lipinski definition) is 1. The molecule has 1 N–H and O–H groups in total. The first-order valence-corrected chi connectivity index (χ1v) is 4.50. The lowest BCUT2D eigenvalue weighted by Crippen LogP contribution is -3.15. The van der Waals surface area contributed by atoms with Crippen LogP contribution in [0.15, 0.2) is 0 Å². The molecule has 0 saturated heterocycles. The van der Waals surface area contributed by atoms with Crippen LogP contribution in [0.3, 0.4) is 0 Å². The van der Waals surface area contributed by atoms with E-state index in [0.29, 0.717) is 6.23 Å². The standard InChI is InChI=1S/C7H17NO.BF4/c1-5-8(6-2)7(3)9-4;2-1(3,4)5/h7H,5-6H2,1-4H3;/q;-1/p+1. The van der Waals surface area contributed by atoms with Crippen molar-refractivity contribution in [3.05, 3.63) is 0 Å². The first-order valence-electron chi connectivity index (χ1n) is 4.50. The van der Waals surface area contributed by atoms with Crippen molar-refractivity contribution in [3.8, 4) is 0 Å². The number of ether oxygens (including phenoxy) is 1. The van der Waals surface area contributed by atoms with E-state index in [9.17, 15) is 17.3 Å². The lowest BCUT2D eigenvalue weighted by Gasteiger charge is -2.21. The molecule has 88 valence electrons. The van der Waals surface area contributed by atoms with E-state index < -0.39 is 7.25 Å². The molecular weight excluding hydrogens is 201 g/mol. The van der Waals surface area contributed by atoms with Crippen LogP contribution in [-0.2, 0) is 4.74 Å². The molecule has 1 atom stereocenters. The summed E-state index contributed by atoms with van der Waals surface area (Å²) in [5, 5.41) is 0. The zero-order valence-electron chi connectivity index (χ0n) is 8.99. The van der Waals surface area contributed by atoms with Crippen molar-refractivity contribution < 1.29 is 26.9 Å². The fourth-order valence-electron chi connectivity index (χ4n) is 0.992. The van der Waals surface area contributed by atoms with E-state index in [4.69, 9.17) is 4.74 Å². The SMILES string of the molecule is CC[NH+](CC)C(C)OC.F[B-](F)(F)F. The van der Waals surface area contributed by atoms with Crippen LogP contribution in [-0.4, -0.2) is 33.7 Å². The number of hydrogen-bond acceptors (Lipinski definition) is 1. The van der Waals surface area contributed by atoms with Crippen LogP contribution in [0.5, 0.6) is 0 Å². The number of methoxy groups -OCH3 is 1. The van der Waals surface area contributed by atoms with Crippen molar-refractivity contribution in [2.24, 2.45) is 0 Å². The third-order valence-electron chi connectivity index (χ3n) is 1.84. The van der Waals surface area contributed by atoms with Gasteiger partial charge in [-0.05, 0) is 13.8 Å². The van der Waals surface area contributed by atoms with Crippen LogP contribution in [0.25, 0.3) is 0 Å². The summed E-state index contributed by atoms with van der Waals surface area (Å²) < 4.78 is 44.2. The highest BCUT2D eigenvalue weighted by Crippen LogP contribution is 2.06. The van der Waals surface area contributed by atoms with Crippen molar-refractivity contribution in [3.63, 3.8) is 0 Å². The Labute approximate surface area is 82.3 Å². The zero-order valence-corrected chi connectivity index (χ0v) is 8.99. The molecule has 0 aliphatic heterocycles. The molecule has 0 aromatic heterocycles. The van der Waals surface area contributed by atoms with E-state index >= 15 is 0 Å². The van der Waals surface area contributed by atoms with E-state index in [-0.39, 0.29) is 0 Å². The molecule has 0 aromatic rings. The highest BCUT2D eigenvalue weighted by atomic mass is 19.5. The number of quaternary nitrogens is 1. The van der Waals surface area contributed by atoms with Crippen LogP contribution < -0.4 is 4.90 Å². The quantitative estimate of drug-likeness (QED) is 0.426. The minimum absolute atomic E-state index is 0.347. The minimum atomic E-state index is -6.00. The maximum absolute atomic E-state index is 9.75. The predicted molar refractivity (Wildman–Crippen MR) is 48.7 cm³/mol. The minimum Gasteiger partial charge on any atom is -0.418 e. The summed E-state index contributed by atoms with van der Waals surface area (Å²) in [5.74, 6) is 0. The fraction of sp³-hybridized carbons (Fsp3) is 1.00. The average Bonchev–Trinajstić information content (AvgIpc) is 2.03. The van der Waals surface area contributed by atoms with Crippen LogP contribution in [0.2, 0.25) is 0 Å². The van der Waals surface area contributed by atoms with Gasteiger partial charge in [0.2, 0.25) is 0 Å². The van der Waals surface area contributed by atoms with E-state index in [1.54, 1.807) is 7.11 Å². The zero-order chi connectivity index (χ0) is 11.8. The molecule has 2 nitrogen and oxygen atoms in total. The predicted octanol–water partition coefficient (Wildman–Crippen LogP) is 1.20. The fourth-order valence-corrected chi connectivity index (χ4v) is 0.992. The molecular formula is C7H18BF4NO. The molecule has 1 unspecified atom stereocenters. The van der Waals surface area contributed by atoms with Crippen molar-refractivity contribution >= 4 is 7.25 Å². The van der Waals surface area contributed by atoms with Crippen LogP contribution in [0.4, 0.5) is 17.3 Å². The molecule has 14 heavy (non-hydrogen) atoms. The summed E-state index contributed by atoms with van der Waals surface area (Å²) in [6.45, 7) is 8.74. The Morgan fingerprint density at radius 3 is 1.50 bits per heavy atom. The monoisotopic (exact) mass is 219 g/mol. The molecule has 7 heteroatoms. The van der Waals surface area contributed by atoms with Gasteiger partial charge in [-0.1, -0.05) is 0 Å². The first-order chi connectivity index (χ1) is 6.26. The van der Waals surface area contributed by atoms with Crippen LogP contribution in [0, 0.1) is 0 Å². The molecule has 0 fully saturated rings. The topological polar surface area (TPSA) is 13.7 Å². The smallest absolute Gasteiger partial charge is 0.418 e. The average molecular weight is 219 g/mol. The van der Waals surface area contributed by atoms with Crippen molar-refractivity contribution in [2.75, 3.05) is 20.2 Å². The van der Waals surface area contributed by atoms with Gasteiger partial charge in [-0.25, -0.2) is 0 Å². The lowest BCUT2D eigenvalue weighted by atomic mass is 10.3.